The predicted molar refractivity (Wildman–Crippen MR) is 131 cm³/mol. The van der Waals surface area contributed by atoms with Crippen molar-refractivity contribution >= 4 is 11.8 Å². The van der Waals surface area contributed by atoms with Crippen molar-refractivity contribution in [1.29, 1.82) is 0 Å². The summed E-state index contributed by atoms with van der Waals surface area (Å²) < 4.78 is 18.4. The van der Waals surface area contributed by atoms with Gasteiger partial charge in [0.05, 0.1) is 19.8 Å². The topological polar surface area (TPSA) is 68.2 Å². The summed E-state index contributed by atoms with van der Waals surface area (Å²) >= 11 is 1.43. The normalized spacial score (nSPS) is 27.8. The Balaban J connectivity index is 1.43. The maximum atomic E-state index is 11.1. The van der Waals surface area contributed by atoms with Crippen molar-refractivity contribution in [1.82, 2.24) is 0 Å². The van der Waals surface area contributed by atoms with E-state index in [1.54, 1.807) is 0 Å². The van der Waals surface area contributed by atoms with E-state index < -0.39 is 29.9 Å². The van der Waals surface area contributed by atoms with E-state index in [1.165, 1.54) is 22.9 Å². The van der Waals surface area contributed by atoms with E-state index in [-0.39, 0.29) is 6.61 Å². The first-order chi connectivity index (χ1) is 16.7. The number of ether oxygens (including phenoxy) is 3. The standard InChI is InChI=1S/C28H30O5S/c29-25-24-18-31-16-21-10-6-4-8-19(21)14-15-20-9-5-7-11-22(20)17-32-27(25)26(30)28(33-24)34-23-12-2-1-3-13-23/h1-13,24-30H,14-18H2/t24-,25-,26-,27+,28+/m1/s1. The molecule has 2 heterocycles. The Bertz CT molecular complexity index is 1080. The molecule has 5 atom stereocenters. The molecule has 1 saturated heterocycles. The smallest absolute Gasteiger partial charge is 0.136 e. The molecule has 5 nitrogen and oxygen atoms in total. The van der Waals surface area contributed by atoms with Gasteiger partial charge in [0.25, 0.3) is 0 Å². The maximum Gasteiger partial charge on any atom is 0.136 e. The van der Waals surface area contributed by atoms with Crippen LogP contribution in [0.2, 0.25) is 0 Å². The fourth-order valence-electron chi connectivity index (χ4n) is 4.59. The van der Waals surface area contributed by atoms with Crippen molar-refractivity contribution in [3.05, 3.63) is 101 Å². The highest BCUT2D eigenvalue weighted by atomic mass is 32.2. The van der Waals surface area contributed by atoms with Gasteiger partial charge in [0.1, 0.15) is 29.9 Å². The van der Waals surface area contributed by atoms with E-state index in [4.69, 9.17) is 14.2 Å². The Morgan fingerprint density at radius 1 is 0.676 bits per heavy atom. The first kappa shape index (κ1) is 23.5. The predicted octanol–water partition coefficient (Wildman–Crippen LogP) is 4.13. The van der Waals surface area contributed by atoms with Crippen LogP contribution in [0.3, 0.4) is 0 Å². The molecular formula is C28H30O5S. The molecule has 2 aliphatic heterocycles. The van der Waals surface area contributed by atoms with Crippen LogP contribution in [-0.4, -0.2) is 46.7 Å². The van der Waals surface area contributed by atoms with Gasteiger partial charge in [0.2, 0.25) is 0 Å². The maximum absolute atomic E-state index is 11.1. The molecule has 2 aliphatic rings. The first-order valence-electron chi connectivity index (χ1n) is 11.8. The van der Waals surface area contributed by atoms with Crippen LogP contribution in [0.4, 0.5) is 0 Å². The lowest BCUT2D eigenvalue weighted by Gasteiger charge is -2.42. The number of hydrogen-bond donors (Lipinski definition) is 2. The third kappa shape index (κ3) is 5.38. The van der Waals surface area contributed by atoms with Crippen molar-refractivity contribution in [3.63, 3.8) is 0 Å². The van der Waals surface area contributed by atoms with Crippen LogP contribution in [0.15, 0.2) is 83.8 Å². The molecule has 6 heteroatoms. The molecular weight excluding hydrogens is 448 g/mol. The van der Waals surface area contributed by atoms with Gasteiger partial charge in [-0.15, -0.1) is 0 Å². The lowest BCUT2D eigenvalue weighted by molar-refractivity contribution is -0.227. The summed E-state index contributed by atoms with van der Waals surface area (Å²) in [5, 5.41) is 22.2. The second-order valence-electron chi connectivity index (χ2n) is 8.78. The molecule has 2 bridgehead atoms. The minimum Gasteiger partial charge on any atom is -0.387 e. The summed E-state index contributed by atoms with van der Waals surface area (Å²) in [5.74, 6) is 0. The molecule has 0 aliphatic carbocycles. The van der Waals surface area contributed by atoms with Crippen molar-refractivity contribution < 1.29 is 24.4 Å². The van der Waals surface area contributed by atoms with Gasteiger partial charge >= 0.3 is 0 Å². The van der Waals surface area contributed by atoms with Crippen molar-refractivity contribution in [2.45, 2.75) is 60.8 Å². The van der Waals surface area contributed by atoms with Gasteiger partial charge in [0, 0.05) is 4.90 Å². The summed E-state index contributed by atoms with van der Waals surface area (Å²) in [6, 6.07) is 26.4. The van der Waals surface area contributed by atoms with Crippen molar-refractivity contribution in [3.8, 4) is 0 Å². The molecule has 2 N–H and O–H groups in total. The van der Waals surface area contributed by atoms with E-state index in [0.717, 1.165) is 28.9 Å². The third-order valence-corrected chi connectivity index (χ3v) is 7.68. The van der Waals surface area contributed by atoms with Crippen LogP contribution in [0.1, 0.15) is 22.3 Å². The molecule has 0 amide bonds. The van der Waals surface area contributed by atoms with Crippen LogP contribution in [-0.2, 0) is 40.3 Å². The number of aliphatic hydroxyl groups excluding tert-OH is 2. The summed E-state index contributed by atoms with van der Waals surface area (Å²) in [6.07, 6.45) is -1.61. The van der Waals surface area contributed by atoms with Crippen molar-refractivity contribution in [2.24, 2.45) is 0 Å². The number of fused-ring (bicyclic) bond motifs is 4. The monoisotopic (exact) mass is 478 g/mol. The minimum absolute atomic E-state index is 0.213. The Morgan fingerprint density at radius 2 is 1.26 bits per heavy atom. The minimum atomic E-state index is -1.01. The Morgan fingerprint density at radius 3 is 1.94 bits per heavy atom. The molecule has 5 rings (SSSR count). The summed E-state index contributed by atoms with van der Waals surface area (Å²) in [4.78, 5) is 0.982. The van der Waals surface area contributed by atoms with E-state index in [9.17, 15) is 10.2 Å². The van der Waals surface area contributed by atoms with Gasteiger partial charge in [0.15, 0.2) is 0 Å². The molecule has 1 fully saturated rings. The Labute approximate surface area is 204 Å². The molecule has 0 spiro atoms. The zero-order valence-corrected chi connectivity index (χ0v) is 19.8. The SMILES string of the molecule is O[C@@H]1[C@H]2OCc3ccccc3CCc3ccccc3COC[C@@H](O[C@H]1Sc1ccccc1)[C@H]2O. The van der Waals surface area contributed by atoms with Crippen molar-refractivity contribution in [2.75, 3.05) is 6.61 Å². The van der Waals surface area contributed by atoms with E-state index in [1.807, 2.05) is 48.5 Å². The van der Waals surface area contributed by atoms with Crippen LogP contribution >= 0.6 is 11.8 Å². The fraction of sp³-hybridized carbons (Fsp3) is 0.357. The number of hydrogen-bond acceptors (Lipinski definition) is 6. The summed E-state index contributed by atoms with van der Waals surface area (Å²) in [5.41, 5.74) is 4.09. The lowest BCUT2D eigenvalue weighted by atomic mass is 9.96. The quantitative estimate of drug-likeness (QED) is 0.578. The Kier molecular flexibility index (Phi) is 7.64. The van der Waals surface area contributed by atoms with Crippen LogP contribution in [0, 0.1) is 0 Å². The average Bonchev–Trinajstić information content (AvgIpc) is 2.87. The van der Waals surface area contributed by atoms with E-state index >= 15 is 0 Å². The van der Waals surface area contributed by atoms with Crippen LogP contribution in [0.5, 0.6) is 0 Å². The summed E-state index contributed by atoms with van der Waals surface area (Å²) in [7, 11) is 0. The van der Waals surface area contributed by atoms with Crippen LogP contribution < -0.4 is 0 Å². The zero-order chi connectivity index (χ0) is 23.3. The number of thioether (sulfide) groups is 1. The highest BCUT2D eigenvalue weighted by molar-refractivity contribution is 7.99. The second kappa shape index (κ2) is 11.0. The van der Waals surface area contributed by atoms with Gasteiger partial charge in [-0.25, -0.2) is 0 Å². The zero-order valence-electron chi connectivity index (χ0n) is 19.0. The first-order valence-corrected chi connectivity index (χ1v) is 12.6. The summed E-state index contributed by atoms with van der Waals surface area (Å²) in [6.45, 7) is 0.965. The highest BCUT2D eigenvalue weighted by Crippen LogP contribution is 2.35. The largest absolute Gasteiger partial charge is 0.387 e. The molecule has 0 radical (unpaired) electrons. The number of benzene rings is 3. The number of aliphatic hydroxyl groups is 2. The van der Waals surface area contributed by atoms with Gasteiger partial charge in [-0.05, 0) is 47.2 Å². The van der Waals surface area contributed by atoms with E-state index in [0.29, 0.717) is 13.2 Å². The Hall–Kier alpha value is -2.19. The van der Waals surface area contributed by atoms with Gasteiger partial charge in [-0.1, -0.05) is 78.5 Å². The van der Waals surface area contributed by atoms with Gasteiger partial charge in [-0.3, -0.25) is 0 Å². The molecule has 34 heavy (non-hydrogen) atoms. The molecule has 3 aromatic rings. The lowest BCUT2D eigenvalue weighted by Crippen LogP contribution is -2.58. The van der Waals surface area contributed by atoms with Crippen LogP contribution in [0.25, 0.3) is 0 Å². The molecule has 0 saturated carbocycles. The molecule has 0 aromatic heterocycles. The third-order valence-electron chi connectivity index (χ3n) is 6.51. The fourth-order valence-corrected chi connectivity index (χ4v) is 5.67. The molecule has 178 valence electrons. The number of aryl methyl sites for hydroxylation is 2. The van der Waals surface area contributed by atoms with Gasteiger partial charge < -0.3 is 24.4 Å². The molecule has 0 unspecified atom stereocenters. The molecule has 3 aromatic carbocycles. The number of rotatable bonds is 2. The highest BCUT2D eigenvalue weighted by Gasteiger charge is 2.45. The second-order valence-corrected chi connectivity index (χ2v) is 9.95. The van der Waals surface area contributed by atoms with E-state index in [2.05, 4.69) is 30.3 Å². The average molecular weight is 479 g/mol. The van der Waals surface area contributed by atoms with Gasteiger partial charge in [-0.2, -0.15) is 0 Å².